The number of rotatable bonds is 4. The summed E-state index contributed by atoms with van der Waals surface area (Å²) in [6.45, 7) is 2.95. The van der Waals surface area contributed by atoms with Crippen molar-refractivity contribution >= 4 is 23.2 Å². The van der Waals surface area contributed by atoms with Gasteiger partial charge in [0, 0.05) is 10.0 Å². The molecule has 1 N–H and O–H groups in total. The second-order valence-electron chi connectivity index (χ2n) is 3.77. The Labute approximate surface area is 99.5 Å². The standard InChI is InChI=1S/C11H13Cl2NO/c12-9-3-10(13)5-11(4-9)15-2-1-8-6-14-7-8/h3-5,8,14H,1-2,6-7H2. The molecule has 82 valence electrons. The summed E-state index contributed by atoms with van der Waals surface area (Å²) < 4.78 is 5.58. The molecule has 0 atom stereocenters. The fraction of sp³-hybridized carbons (Fsp3) is 0.455. The van der Waals surface area contributed by atoms with E-state index in [4.69, 9.17) is 27.9 Å². The average molecular weight is 246 g/mol. The molecular weight excluding hydrogens is 233 g/mol. The van der Waals surface area contributed by atoms with Gasteiger partial charge < -0.3 is 10.1 Å². The van der Waals surface area contributed by atoms with Crippen molar-refractivity contribution in [3.05, 3.63) is 28.2 Å². The molecule has 0 aromatic heterocycles. The van der Waals surface area contributed by atoms with E-state index >= 15 is 0 Å². The largest absolute Gasteiger partial charge is 0.493 e. The topological polar surface area (TPSA) is 21.3 Å². The van der Waals surface area contributed by atoms with Crippen molar-refractivity contribution in [1.29, 1.82) is 0 Å². The SMILES string of the molecule is Clc1cc(Cl)cc(OCCC2CNC2)c1. The highest BCUT2D eigenvalue weighted by atomic mass is 35.5. The molecule has 1 aliphatic rings. The highest BCUT2D eigenvalue weighted by Gasteiger charge is 2.15. The Kier molecular flexibility index (Phi) is 3.73. The molecule has 0 amide bonds. The van der Waals surface area contributed by atoms with Gasteiger partial charge in [0.25, 0.3) is 0 Å². The highest BCUT2D eigenvalue weighted by Crippen LogP contribution is 2.24. The third-order valence-electron chi connectivity index (χ3n) is 2.50. The Morgan fingerprint density at radius 3 is 2.40 bits per heavy atom. The lowest BCUT2D eigenvalue weighted by Crippen LogP contribution is -2.42. The van der Waals surface area contributed by atoms with E-state index in [1.165, 1.54) is 0 Å². The van der Waals surface area contributed by atoms with E-state index in [2.05, 4.69) is 5.32 Å². The Bertz CT molecular complexity index is 319. The molecule has 1 aliphatic heterocycles. The van der Waals surface area contributed by atoms with E-state index in [0.717, 1.165) is 37.8 Å². The van der Waals surface area contributed by atoms with Crippen LogP contribution in [-0.2, 0) is 0 Å². The molecule has 2 rings (SSSR count). The van der Waals surface area contributed by atoms with E-state index in [0.29, 0.717) is 10.0 Å². The van der Waals surface area contributed by atoms with Crippen LogP contribution in [0.3, 0.4) is 0 Å². The van der Waals surface area contributed by atoms with E-state index in [1.54, 1.807) is 18.2 Å². The van der Waals surface area contributed by atoms with Crippen LogP contribution in [0, 0.1) is 5.92 Å². The van der Waals surface area contributed by atoms with E-state index in [9.17, 15) is 0 Å². The first-order valence-corrected chi connectivity index (χ1v) is 5.79. The molecule has 0 spiro atoms. The molecule has 1 aromatic rings. The van der Waals surface area contributed by atoms with Crippen molar-refractivity contribution in [2.45, 2.75) is 6.42 Å². The first-order valence-electron chi connectivity index (χ1n) is 5.03. The summed E-state index contributed by atoms with van der Waals surface area (Å²) in [6.07, 6.45) is 1.08. The maximum atomic E-state index is 5.86. The molecule has 0 saturated carbocycles. The summed E-state index contributed by atoms with van der Waals surface area (Å²) in [7, 11) is 0. The summed E-state index contributed by atoms with van der Waals surface area (Å²) in [5.41, 5.74) is 0. The maximum Gasteiger partial charge on any atom is 0.122 e. The molecule has 1 aromatic carbocycles. The van der Waals surface area contributed by atoms with Crippen molar-refractivity contribution in [2.75, 3.05) is 19.7 Å². The minimum atomic E-state index is 0.614. The Morgan fingerprint density at radius 1 is 1.20 bits per heavy atom. The first-order chi connectivity index (χ1) is 7.24. The van der Waals surface area contributed by atoms with Crippen molar-refractivity contribution in [3.63, 3.8) is 0 Å². The number of hydrogen-bond acceptors (Lipinski definition) is 2. The summed E-state index contributed by atoms with van der Waals surface area (Å²) in [6, 6.07) is 5.27. The zero-order chi connectivity index (χ0) is 10.7. The van der Waals surface area contributed by atoms with Gasteiger partial charge in [-0.15, -0.1) is 0 Å². The summed E-state index contributed by atoms with van der Waals surface area (Å²) in [4.78, 5) is 0. The van der Waals surface area contributed by atoms with Crippen LogP contribution in [0.15, 0.2) is 18.2 Å². The molecule has 0 bridgehead atoms. The molecule has 1 heterocycles. The normalized spacial score (nSPS) is 16.1. The Morgan fingerprint density at radius 2 is 1.87 bits per heavy atom. The van der Waals surface area contributed by atoms with Crippen LogP contribution in [0.5, 0.6) is 5.75 Å². The predicted octanol–water partition coefficient (Wildman–Crippen LogP) is 2.98. The van der Waals surface area contributed by atoms with Gasteiger partial charge in [-0.05, 0) is 43.6 Å². The zero-order valence-electron chi connectivity index (χ0n) is 8.30. The molecule has 0 radical (unpaired) electrons. The Hall–Kier alpha value is -0.440. The second kappa shape index (κ2) is 5.06. The van der Waals surface area contributed by atoms with Crippen LogP contribution in [0.4, 0.5) is 0 Å². The molecule has 15 heavy (non-hydrogen) atoms. The van der Waals surface area contributed by atoms with Gasteiger partial charge in [0.2, 0.25) is 0 Å². The lowest BCUT2D eigenvalue weighted by atomic mass is 10.0. The van der Waals surface area contributed by atoms with Crippen LogP contribution in [0.2, 0.25) is 10.0 Å². The van der Waals surface area contributed by atoms with Crippen molar-refractivity contribution in [2.24, 2.45) is 5.92 Å². The quantitative estimate of drug-likeness (QED) is 0.881. The molecule has 2 nitrogen and oxygen atoms in total. The van der Waals surface area contributed by atoms with Crippen LogP contribution < -0.4 is 10.1 Å². The van der Waals surface area contributed by atoms with Crippen LogP contribution in [0.25, 0.3) is 0 Å². The molecular formula is C11H13Cl2NO. The van der Waals surface area contributed by atoms with Crippen molar-refractivity contribution < 1.29 is 4.74 Å². The van der Waals surface area contributed by atoms with Crippen molar-refractivity contribution in [1.82, 2.24) is 5.32 Å². The molecule has 1 saturated heterocycles. The van der Waals surface area contributed by atoms with E-state index in [1.807, 2.05) is 0 Å². The smallest absolute Gasteiger partial charge is 0.122 e. The molecule has 0 aliphatic carbocycles. The fourth-order valence-electron chi connectivity index (χ4n) is 1.51. The highest BCUT2D eigenvalue weighted by molar-refractivity contribution is 6.34. The van der Waals surface area contributed by atoms with Crippen LogP contribution in [0.1, 0.15) is 6.42 Å². The van der Waals surface area contributed by atoms with Crippen LogP contribution >= 0.6 is 23.2 Å². The van der Waals surface area contributed by atoms with Crippen LogP contribution in [-0.4, -0.2) is 19.7 Å². The molecule has 0 unspecified atom stereocenters. The minimum absolute atomic E-state index is 0.614. The third kappa shape index (κ3) is 3.26. The minimum Gasteiger partial charge on any atom is -0.493 e. The number of hydrogen-bond donors (Lipinski definition) is 1. The van der Waals surface area contributed by atoms with Gasteiger partial charge in [-0.25, -0.2) is 0 Å². The van der Waals surface area contributed by atoms with Gasteiger partial charge in [0.15, 0.2) is 0 Å². The number of halogens is 2. The Balaban J connectivity index is 1.81. The third-order valence-corrected chi connectivity index (χ3v) is 2.93. The average Bonchev–Trinajstić information content (AvgIpc) is 2.07. The lowest BCUT2D eigenvalue weighted by Gasteiger charge is -2.26. The monoisotopic (exact) mass is 245 g/mol. The van der Waals surface area contributed by atoms with Gasteiger partial charge in [-0.3, -0.25) is 0 Å². The van der Waals surface area contributed by atoms with Gasteiger partial charge in [-0.1, -0.05) is 23.2 Å². The number of benzene rings is 1. The van der Waals surface area contributed by atoms with Crippen molar-refractivity contribution in [3.8, 4) is 5.75 Å². The second-order valence-corrected chi connectivity index (χ2v) is 4.64. The predicted molar refractivity (Wildman–Crippen MR) is 62.9 cm³/mol. The zero-order valence-corrected chi connectivity index (χ0v) is 9.81. The van der Waals surface area contributed by atoms with E-state index in [-0.39, 0.29) is 0 Å². The number of ether oxygens (including phenoxy) is 1. The van der Waals surface area contributed by atoms with Gasteiger partial charge >= 0.3 is 0 Å². The van der Waals surface area contributed by atoms with Gasteiger partial charge in [0.1, 0.15) is 5.75 Å². The first kappa shape index (κ1) is 11.1. The summed E-state index contributed by atoms with van der Waals surface area (Å²) in [5, 5.41) is 4.46. The molecule has 4 heteroatoms. The lowest BCUT2D eigenvalue weighted by molar-refractivity contribution is 0.238. The fourth-order valence-corrected chi connectivity index (χ4v) is 2.01. The maximum absolute atomic E-state index is 5.86. The molecule has 1 fully saturated rings. The summed E-state index contributed by atoms with van der Waals surface area (Å²) in [5.74, 6) is 1.51. The number of nitrogens with one attached hydrogen (secondary N) is 1. The van der Waals surface area contributed by atoms with Gasteiger partial charge in [-0.2, -0.15) is 0 Å². The van der Waals surface area contributed by atoms with E-state index < -0.39 is 0 Å². The van der Waals surface area contributed by atoms with Gasteiger partial charge in [0.05, 0.1) is 6.61 Å². The summed E-state index contributed by atoms with van der Waals surface area (Å²) >= 11 is 11.7.